The fraction of sp³-hybridized carbons (Fsp3) is 0.571. The second-order valence-electron chi connectivity index (χ2n) is 5.14. The molecule has 1 aliphatic heterocycles. The van der Waals surface area contributed by atoms with Gasteiger partial charge in [-0.1, -0.05) is 30.3 Å². The average molecular weight is 235 g/mol. The topological polar surface area (TPSA) is 43.7 Å². The normalized spacial score (nSPS) is 29.7. The lowest BCUT2D eigenvalue weighted by molar-refractivity contribution is 0.0307. The minimum absolute atomic E-state index is 0.149. The number of rotatable bonds is 4. The van der Waals surface area contributed by atoms with Crippen LogP contribution in [0.3, 0.4) is 0 Å². The fourth-order valence-corrected chi connectivity index (χ4v) is 2.68. The SMILES string of the molecule is C[C@@]1(CO)CC[C@@H](CO)N1Cc1ccccc1. The van der Waals surface area contributed by atoms with E-state index in [1.165, 1.54) is 5.56 Å². The van der Waals surface area contributed by atoms with Crippen LogP contribution >= 0.6 is 0 Å². The smallest absolute Gasteiger partial charge is 0.0613 e. The first-order valence-electron chi connectivity index (χ1n) is 6.22. The highest BCUT2D eigenvalue weighted by atomic mass is 16.3. The number of aliphatic hydroxyl groups is 2. The number of hydrogen-bond donors (Lipinski definition) is 2. The Morgan fingerprint density at radius 3 is 2.59 bits per heavy atom. The highest BCUT2D eigenvalue weighted by Crippen LogP contribution is 2.34. The van der Waals surface area contributed by atoms with Gasteiger partial charge in [0, 0.05) is 18.1 Å². The van der Waals surface area contributed by atoms with Crippen molar-refractivity contribution in [3.63, 3.8) is 0 Å². The molecular weight excluding hydrogens is 214 g/mol. The first kappa shape index (κ1) is 12.6. The molecule has 1 fully saturated rings. The molecule has 2 atom stereocenters. The molecule has 0 aromatic heterocycles. The molecule has 1 aromatic rings. The van der Waals surface area contributed by atoms with Crippen LogP contribution in [0.1, 0.15) is 25.3 Å². The summed E-state index contributed by atoms with van der Waals surface area (Å²) in [5, 5.41) is 19.0. The fourth-order valence-electron chi connectivity index (χ4n) is 2.68. The third-order valence-corrected chi connectivity index (χ3v) is 3.90. The molecule has 3 heteroatoms. The molecule has 1 heterocycles. The standard InChI is InChI=1S/C14H21NO2/c1-14(11-17)8-7-13(10-16)15(14)9-12-5-3-2-4-6-12/h2-6,13,16-17H,7-11H2,1H3/t13-,14-/m0/s1. The van der Waals surface area contributed by atoms with Gasteiger partial charge in [0.2, 0.25) is 0 Å². The molecule has 1 aromatic carbocycles. The van der Waals surface area contributed by atoms with Gasteiger partial charge in [-0.25, -0.2) is 0 Å². The Labute approximate surface area is 103 Å². The quantitative estimate of drug-likeness (QED) is 0.829. The van der Waals surface area contributed by atoms with Crippen molar-refractivity contribution >= 4 is 0 Å². The van der Waals surface area contributed by atoms with Gasteiger partial charge in [0.15, 0.2) is 0 Å². The number of benzene rings is 1. The van der Waals surface area contributed by atoms with Crippen molar-refractivity contribution in [2.75, 3.05) is 13.2 Å². The van der Waals surface area contributed by atoms with Gasteiger partial charge >= 0.3 is 0 Å². The third kappa shape index (κ3) is 2.51. The highest BCUT2D eigenvalue weighted by molar-refractivity contribution is 5.16. The van der Waals surface area contributed by atoms with Crippen LogP contribution < -0.4 is 0 Å². The second-order valence-corrected chi connectivity index (χ2v) is 5.14. The van der Waals surface area contributed by atoms with Crippen molar-refractivity contribution in [2.24, 2.45) is 0 Å². The van der Waals surface area contributed by atoms with E-state index in [4.69, 9.17) is 0 Å². The summed E-state index contributed by atoms with van der Waals surface area (Å²) in [6.07, 6.45) is 1.90. The molecule has 94 valence electrons. The Balaban J connectivity index is 2.15. The Hall–Kier alpha value is -0.900. The lowest BCUT2D eigenvalue weighted by Crippen LogP contribution is -2.48. The number of hydrogen-bond acceptors (Lipinski definition) is 3. The van der Waals surface area contributed by atoms with Crippen LogP contribution in [0.2, 0.25) is 0 Å². The van der Waals surface area contributed by atoms with Gasteiger partial charge in [0.1, 0.15) is 0 Å². The van der Waals surface area contributed by atoms with Gasteiger partial charge < -0.3 is 10.2 Å². The molecular formula is C14H21NO2. The summed E-state index contributed by atoms with van der Waals surface area (Å²) in [5.41, 5.74) is 1.04. The first-order valence-corrected chi connectivity index (χ1v) is 6.22. The summed E-state index contributed by atoms with van der Waals surface area (Å²) in [4.78, 5) is 2.24. The van der Waals surface area contributed by atoms with Crippen molar-refractivity contribution in [1.29, 1.82) is 0 Å². The molecule has 0 aliphatic carbocycles. The summed E-state index contributed by atoms with van der Waals surface area (Å²) in [6, 6.07) is 10.4. The Kier molecular flexibility index (Phi) is 3.82. The summed E-state index contributed by atoms with van der Waals surface area (Å²) in [6.45, 7) is 3.19. The predicted octanol–water partition coefficient (Wildman–Crippen LogP) is 1.39. The molecule has 2 rings (SSSR count). The maximum Gasteiger partial charge on any atom is 0.0613 e. The van der Waals surface area contributed by atoms with Crippen LogP contribution in [0.25, 0.3) is 0 Å². The second kappa shape index (κ2) is 5.17. The van der Waals surface area contributed by atoms with Crippen LogP contribution in [0.5, 0.6) is 0 Å². The molecule has 0 bridgehead atoms. The lowest BCUT2D eigenvalue weighted by Gasteiger charge is -2.36. The van der Waals surface area contributed by atoms with Crippen molar-refractivity contribution < 1.29 is 10.2 Å². The average Bonchev–Trinajstić information content (AvgIpc) is 2.69. The summed E-state index contributed by atoms with van der Waals surface area (Å²) < 4.78 is 0. The minimum atomic E-state index is -0.191. The summed E-state index contributed by atoms with van der Waals surface area (Å²) in [5.74, 6) is 0. The van der Waals surface area contributed by atoms with Gasteiger partial charge in [-0.15, -0.1) is 0 Å². The zero-order chi connectivity index (χ0) is 12.3. The minimum Gasteiger partial charge on any atom is -0.395 e. The van der Waals surface area contributed by atoms with Crippen LogP contribution in [0, 0.1) is 0 Å². The highest BCUT2D eigenvalue weighted by Gasteiger charge is 2.41. The summed E-state index contributed by atoms with van der Waals surface area (Å²) >= 11 is 0. The van der Waals surface area contributed by atoms with E-state index in [1.807, 2.05) is 18.2 Å². The van der Waals surface area contributed by atoms with Gasteiger partial charge in [-0.05, 0) is 25.3 Å². The van der Waals surface area contributed by atoms with Gasteiger partial charge in [0.25, 0.3) is 0 Å². The van der Waals surface area contributed by atoms with E-state index in [0.29, 0.717) is 0 Å². The Bertz CT molecular complexity index is 354. The predicted molar refractivity (Wildman–Crippen MR) is 67.6 cm³/mol. The molecule has 0 spiro atoms. The van der Waals surface area contributed by atoms with E-state index >= 15 is 0 Å². The molecule has 17 heavy (non-hydrogen) atoms. The van der Waals surface area contributed by atoms with Crippen molar-refractivity contribution in [1.82, 2.24) is 4.90 Å². The van der Waals surface area contributed by atoms with E-state index in [9.17, 15) is 10.2 Å². The van der Waals surface area contributed by atoms with Gasteiger partial charge in [-0.2, -0.15) is 0 Å². The van der Waals surface area contributed by atoms with E-state index in [-0.39, 0.29) is 24.8 Å². The Morgan fingerprint density at radius 2 is 2.00 bits per heavy atom. The molecule has 3 nitrogen and oxygen atoms in total. The number of aliphatic hydroxyl groups excluding tert-OH is 2. The van der Waals surface area contributed by atoms with Crippen LogP contribution in [0.4, 0.5) is 0 Å². The number of nitrogens with zero attached hydrogens (tertiary/aromatic N) is 1. The van der Waals surface area contributed by atoms with Crippen LogP contribution in [-0.4, -0.2) is 39.9 Å². The van der Waals surface area contributed by atoms with Gasteiger partial charge in [-0.3, -0.25) is 4.90 Å². The van der Waals surface area contributed by atoms with E-state index in [2.05, 4.69) is 24.0 Å². The van der Waals surface area contributed by atoms with Crippen molar-refractivity contribution in [2.45, 2.75) is 37.9 Å². The zero-order valence-electron chi connectivity index (χ0n) is 10.3. The van der Waals surface area contributed by atoms with Gasteiger partial charge in [0.05, 0.1) is 13.2 Å². The molecule has 1 saturated heterocycles. The molecule has 0 unspecified atom stereocenters. The first-order chi connectivity index (χ1) is 8.19. The molecule has 2 N–H and O–H groups in total. The molecule has 1 aliphatic rings. The van der Waals surface area contributed by atoms with Crippen molar-refractivity contribution in [3.05, 3.63) is 35.9 Å². The zero-order valence-corrected chi connectivity index (χ0v) is 10.3. The lowest BCUT2D eigenvalue weighted by atomic mass is 10.00. The summed E-state index contributed by atoms with van der Waals surface area (Å²) in [7, 11) is 0. The van der Waals surface area contributed by atoms with Crippen LogP contribution in [-0.2, 0) is 6.54 Å². The van der Waals surface area contributed by atoms with Crippen LogP contribution in [0.15, 0.2) is 30.3 Å². The Morgan fingerprint density at radius 1 is 1.29 bits per heavy atom. The van der Waals surface area contributed by atoms with E-state index in [1.54, 1.807) is 0 Å². The third-order valence-electron chi connectivity index (χ3n) is 3.90. The largest absolute Gasteiger partial charge is 0.395 e. The van der Waals surface area contributed by atoms with E-state index in [0.717, 1.165) is 19.4 Å². The molecule has 0 radical (unpaired) electrons. The molecule has 0 saturated carbocycles. The maximum absolute atomic E-state index is 9.56. The van der Waals surface area contributed by atoms with E-state index < -0.39 is 0 Å². The monoisotopic (exact) mass is 235 g/mol. The number of likely N-dealkylation sites (tertiary alicyclic amines) is 1. The van der Waals surface area contributed by atoms with Crippen molar-refractivity contribution in [3.8, 4) is 0 Å². The maximum atomic E-state index is 9.56. The molecule has 0 amide bonds.